The standard InChI is InChI=1S/C16H16FNO3/c1-11(2)21-16(20)13-5-3-12(4-6-13)9-18-10-14(17)7-8-15(18)19/h3-8,10-11H,9H2,1-2H3. The fourth-order valence-electron chi connectivity index (χ4n) is 1.85. The summed E-state index contributed by atoms with van der Waals surface area (Å²) in [5.41, 5.74) is 0.961. The first-order valence-corrected chi connectivity index (χ1v) is 6.61. The van der Waals surface area contributed by atoms with Crippen LogP contribution in [0.2, 0.25) is 0 Å². The third-order valence-corrected chi connectivity index (χ3v) is 2.83. The van der Waals surface area contributed by atoms with E-state index in [-0.39, 0.29) is 24.2 Å². The van der Waals surface area contributed by atoms with Crippen LogP contribution in [0.4, 0.5) is 4.39 Å². The third-order valence-electron chi connectivity index (χ3n) is 2.83. The van der Waals surface area contributed by atoms with Crippen LogP contribution in [-0.2, 0) is 11.3 Å². The number of nitrogens with zero attached hydrogens (tertiary/aromatic N) is 1. The maximum Gasteiger partial charge on any atom is 0.338 e. The lowest BCUT2D eigenvalue weighted by Crippen LogP contribution is -2.19. The maximum absolute atomic E-state index is 13.1. The van der Waals surface area contributed by atoms with Crippen LogP contribution in [0.3, 0.4) is 0 Å². The molecule has 0 aliphatic rings. The van der Waals surface area contributed by atoms with Crippen molar-refractivity contribution in [1.82, 2.24) is 4.57 Å². The number of halogens is 1. The molecular weight excluding hydrogens is 273 g/mol. The molecular formula is C16H16FNO3. The lowest BCUT2D eigenvalue weighted by atomic mass is 10.1. The van der Waals surface area contributed by atoms with Gasteiger partial charge in [-0.15, -0.1) is 0 Å². The minimum absolute atomic E-state index is 0.178. The van der Waals surface area contributed by atoms with E-state index in [9.17, 15) is 14.0 Å². The summed E-state index contributed by atoms with van der Waals surface area (Å²) in [7, 11) is 0. The molecule has 0 radical (unpaired) electrons. The molecule has 110 valence electrons. The van der Waals surface area contributed by atoms with Crippen LogP contribution in [0.5, 0.6) is 0 Å². The van der Waals surface area contributed by atoms with Crippen molar-refractivity contribution in [1.29, 1.82) is 0 Å². The van der Waals surface area contributed by atoms with E-state index in [2.05, 4.69) is 0 Å². The molecule has 0 atom stereocenters. The number of aromatic nitrogens is 1. The summed E-state index contributed by atoms with van der Waals surface area (Å²) < 4.78 is 19.5. The highest BCUT2D eigenvalue weighted by molar-refractivity contribution is 5.89. The van der Waals surface area contributed by atoms with Crippen molar-refractivity contribution >= 4 is 5.97 Å². The van der Waals surface area contributed by atoms with Gasteiger partial charge >= 0.3 is 5.97 Å². The normalized spacial score (nSPS) is 10.7. The Hall–Kier alpha value is -2.43. The lowest BCUT2D eigenvalue weighted by Gasteiger charge is -2.09. The number of rotatable bonds is 4. The number of hydrogen-bond donors (Lipinski definition) is 0. The van der Waals surface area contributed by atoms with Gasteiger partial charge in [0, 0.05) is 12.3 Å². The summed E-state index contributed by atoms with van der Waals surface area (Å²) in [6.45, 7) is 3.81. The first-order chi connectivity index (χ1) is 9.95. The fourth-order valence-corrected chi connectivity index (χ4v) is 1.85. The van der Waals surface area contributed by atoms with Gasteiger partial charge in [0.05, 0.1) is 18.2 Å². The number of hydrogen-bond acceptors (Lipinski definition) is 3. The van der Waals surface area contributed by atoms with Crippen LogP contribution in [0, 0.1) is 5.82 Å². The molecule has 5 heteroatoms. The van der Waals surface area contributed by atoms with E-state index < -0.39 is 5.82 Å². The first-order valence-electron chi connectivity index (χ1n) is 6.61. The second kappa shape index (κ2) is 6.35. The Morgan fingerprint density at radius 1 is 1.19 bits per heavy atom. The number of benzene rings is 1. The zero-order valence-electron chi connectivity index (χ0n) is 11.9. The molecule has 0 fully saturated rings. The molecule has 0 amide bonds. The summed E-state index contributed by atoms with van der Waals surface area (Å²) in [5.74, 6) is -0.855. The summed E-state index contributed by atoms with van der Waals surface area (Å²) >= 11 is 0. The van der Waals surface area contributed by atoms with Crippen molar-refractivity contribution in [2.75, 3.05) is 0 Å². The van der Waals surface area contributed by atoms with Crippen LogP contribution < -0.4 is 5.56 Å². The van der Waals surface area contributed by atoms with Gasteiger partial charge in [-0.2, -0.15) is 0 Å². The van der Waals surface area contributed by atoms with Crippen molar-refractivity contribution in [3.8, 4) is 0 Å². The summed E-state index contributed by atoms with van der Waals surface area (Å²) in [6, 6.07) is 9.00. The molecule has 0 spiro atoms. The highest BCUT2D eigenvalue weighted by atomic mass is 19.1. The lowest BCUT2D eigenvalue weighted by molar-refractivity contribution is 0.0378. The Balaban J connectivity index is 2.14. The van der Waals surface area contributed by atoms with Crippen LogP contribution in [-0.4, -0.2) is 16.6 Å². The minimum atomic E-state index is -0.466. The van der Waals surface area contributed by atoms with Gasteiger partial charge in [-0.05, 0) is 37.6 Å². The molecule has 0 unspecified atom stereocenters. The topological polar surface area (TPSA) is 48.3 Å². The molecule has 0 bridgehead atoms. The molecule has 2 aromatic rings. The zero-order chi connectivity index (χ0) is 15.4. The van der Waals surface area contributed by atoms with E-state index in [1.54, 1.807) is 38.1 Å². The molecule has 1 heterocycles. The number of esters is 1. The predicted octanol–water partition coefficient (Wildman–Crippen LogP) is 2.60. The van der Waals surface area contributed by atoms with E-state index in [0.717, 1.165) is 17.8 Å². The summed E-state index contributed by atoms with van der Waals surface area (Å²) in [6.07, 6.45) is 0.978. The third kappa shape index (κ3) is 4.02. The molecule has 0 aliphatic carbocycles. The van der Waals surface area contributed by atoms with Crippen LogP contribution in [0.25, 0.3) is 0 Å². The Morgan fingerprint density at radius 3 is 2.48 bits per heavy atom. The Morgan fingerprint density at radius 2 is 1.86 bits per heavy atom. The van der Waals surface area contributed by atoms with E-state index in [0.29, 0.717) is 5.56 Å². The number of ether oxygens (including phenoxy) is 1. The molecule has 4 nitrogen and oxygen atoms in total. The SMILES string of the molecule is CC(C)OC(=O)c1ccc(Cn2cc(F)ccc2=O)cc1. The molecule has 1 aromatic heterocycles. The van der Waals surface area contributed by atoms with Crippen LogP contribution in [0.1, 0.15) is 29.8 Å². The van der Waals surface area contributed by atoms with Crippen LogP contribution in [0.15, 0.2) is 47.4 Å². The highest BCUT2D eigenvalue weighted by Gasteiger charge is 2.09. The van der Waals surface area contributed by atoms with E-state index >= 15 is 0 Å². The van der Waals surface area contributed by atoms with Crippen molar-refractivity contribution in [3.05, 3.63) is 69.9 Å². The largest absolute Gasteiger partial charge is 0.459 e. The second-order valence-electron chi connectivity index (χ2n) is 4.96. The Labute approximate surface area is 121 Å². The maximum atomic E-state index is 13.1. The van der Waals surface area contributed by atoms with Gasteiger partial charge < -0.3 is 9.30 Å². The van der Waals surface area contributed by atoms with Gasteiger partial charge in [0.1, 0.15) is 5.82 Å². The minimum Gasteiger partial charge on any atom is -0.459 e. The summed E-state index contributed by atoms with van der Waals surface area (Å²) in [5, 5.41) is 0. The van der Waals surface area contributed by atoms with E-state index in [1.165, 1.54) is 10.6 Å². The second-order valence-corrected chi connectivity index (χ2v) is 4.96. The Bertz CT molecular complexity index is 689. The van der Waals surface area contributed by atoms with Gasteiger partial charge in [0.25, 0.3) is 5.56 Å². The fraction of sp³-hybridized carbons (Fsp3) is 0.250. The molecule has 2 rings (SSSR count). The average molecular weight is 289 g/mol. The quantitative estimate of drug-likeness (QED) is 0.813. The smallest absolute Gasteiger partial charge is 0.338 e. The molecule has 0 saturated heterocycles. The van der Waals surface area contributed by atoms with Crippen molar-refractivity contribution < 1.29 is 13.9 Å². The Kier molecular flexibility index (Phi) is 4.52. The van der Waals surface area contributed by atoms with Gasteiger partial charge in [0.15, 0.2) is 0 Å². The molecule has 0 saturated carbocycles. The molecule has 21 heavy (non-hydrogen) atoms. The van der Waals surface area contributed by atoms with Gasteiger partial charge in [-0.1, -0.05) is 12.1 Å². The van der Waals surface area contributed by atoms with Gasteiger partial charge in [-0.25, -0.2) is 9.18 Å². The number of carbonyl (C=O) groups is 1. The molecule has 1 aromatic carbocycles. The number of carbonyl (C=O) groups excluding carboxylic acids is 1. The van der Waals surface area contributed by atoms with Crippen molar-refractivity contribution in [2.45, 2.75) is 26.5 Å². The average Bonchev–Trinajstić information content (AvgIpc) is 2.43. The van der Waals surface area contributed by atoms with Crippen LogP contribution >= 0.6 is 0 Å². The predicted molar refractivity (Wildman–Crippen MR) is 76.8 cm³/mol. The zero-order valence-corrected chi connectivity index (χ0v) is 11.9. The van der Waals surface area contributed by atoms with E-state index in [4.69, 9.17) is 4.74 Å². The monoisotopic (exact) mass is 289 g/mol. The molecule has 0 aliphatic heterocycles. The summed E-state index contributed by atoms with van der Waals surface area (Å²) in [4.78, 5) is 23.3. The molecule has 0 N–H and O–H groups in total. The van der Waals surface area contributed by atoms with E-state index in [1.807, 2.05) is 0 Å². The van der Waals surface area contributed by atoms with Crippen molar-refractivity contribution in [2.24, 2.45) is 0 Å². The first kappa shape index (κ1) is 15.0. The van der Waals surface area contributed by atoms with Gasteiger partial charge in [0.2, 0.25) is 0 Å². The highest BCUT2D eigenvalue weighted by Crippen LogP contribution is 2.08. The number of pyridine rings is 1. The van der Waals surface area contributed by atoms with Crippen molar-refractivity contribution in [3.63, 3.8) is 0 Å². The van der Waals surface area contributed by atoms with Gasteiger partial charge in [-0.3, -0.25) is 4.79 Å².